The van der Waals surface area contributed by atoms with Crippen LogP contribution >= 0.6 is 15.9 Å². The van der Waals surface area contributed by atoms with Gasteiger partial charge in [0.05, 0.1) is 11.2 Å². The molecule has 1 aliphatic rings. The molecule has 0 N–H and O–H groups in total. The van der Waals surface area contributed by atoms with E-state index in [1.807, 2.05) is 63.2 Å². The molecule has 1 saturated heterocycles. The van der Waals surface area contributed by atoms with E-state index in [9.17, 15) is 4.79 Å². The average molecular weight is 417 g/mol. The number of ether oxygens (including phenoxy) is 1. The number of esters is 1. The SMILES string of the molecule is CC1CC(C)(C)OB(c2ccc(Br)cc2C(=O)OCc2ccccc2)O1. The smallest absolute Gasteiger partial charge is 0.457 e. The van der Waals surface area contributed by atoms with Crippen molar-refractivity contribution >= 4 is 34.5 Å². The third-order valence-electron chi connectivity index (χ3n) is 4.26. The molecule has 1 aliphatic heterocycles. The zero-order valence-electron chi connectivity index (χ0n) is 15.2. The zero-order valence-corrected chi connectivity index (χ0v) is 16.8. The molecule has 0 saturated carbocycles. The highest BCUT2D eigenvalue weighted by molar-refractivity contribution is 9.10. The van der Waals surface area contributed by atoms with E-state index in [4.69, 9.17) is 14.0 Å². The highest BCUT2D eigenvalue weighted by Gasteiger charge is 2.40. The molecule has 1 unspecified atom stereocenters. The van der Waals surface area contributed by atoms with Crippen molar-refractivity contribution < 1.29 is 18.8 Å². The van der Waals surface area contributed by atoms with Gasteiger partial charge in [-0.2, -0.15) is 0 Å². The van der Waals surface area contributed by atoms with Gasteiger partial charge < -0.3 is 14.0 Å². The van der Waals surface area contributed by atoms with E-state index in [1.54, 1.807) is 6.07 Å². The van der Waals surface area contributed by atoms with Crippen LogP contribution in [-0.2, 0) is 20.7 Å². The van der Waals surface area contributed by atoms with Gasteiger partial charge in [0.2, 0.25) is 0 Å². The second kappa shape index (κ2) is 7.95. The molecule has 6 heteroatoms. The number of hydrogen-bond acceptors (Lipinski definition) is 4. The van der Waals surface area contributed by atoms with Gasteiger partial charge in [-0.3, -0.25) is 0 Å². The summed E-state index contributed by atoms with van der Waals surface area (Å²) in [6, 6.07) is 15.1. The first kappa shape index (κ1) is 19.1. The third-order valence-corrected chi connectivity index (χ3v) is 4.76. The maximum absolute atomic E-state index is 12.7. The molecule has 2 aromatic rings. The maximum atomic E-state index is 12.7. The van der Waals surface area contributed by atoms with Gasteiger partial charge in [0.15, 0.2) is 0 Å². The van der Waals surface area contributed by atoms with Crippen LogP contribution in [0, 0.1) is 0 Å². The Morgan fingerprint density at radius 2 is 2.00 bits per heavy atom. The standard InChI is InChI=1S/C20H22BBrO4/c1-14-12-20(2,3)26-21(25-14)18-10-9-16(22)11-17(18)19(23)24-13-15-7-5-4-6-8-15/h4-11,14H,12-13H2,1-3H3. The molecule has 3 rings (SSSR count). The fraction of sp³-hybridized carbons (Fsp3) is 0.350. The van der Waals surface area contributed by atoms with Gasteiger partial charge in [0.25, 0.3) is 0 Å². The first-order valence-electron chi connectivity index (χ1n) is 8.68. The lowest BCUT2D eigenvalue weighted by atomic mass is 9.72. The Balaban J connectivity index is 1.82. The van der Waals surface area contributed by atoms with E-state index in [0.29, 0.717) is 11.0 Å². The van der Waals surface area contributed by atoms with Crippen molar-refractivity contribution in [2.24, 2.45) is 0 Å². The van der Waals surface area contributed by atoms with Crippen molar-refractivity contribution in [2.75, 3.05) is 0 Å². The van der Waals surface area contributed by atoms with Gasteiger partial charge in [-0.25, -0.2) is 4.79 Å². The van der Waals surface area contributed by atoms with E-state index < -0.39 is 13.1 Å². The van der Waals surface area contributed by atoms with Crippen molar-refractivity contribution in [3.05, 3.63) is 64.1 Å². The highest BCUT2D eigenvalue weighted by atomic mass is 79.9. The van der Waals surface area contributed by atoms with Crippen molar-refractivity contribution in [3.63, 3.8) is 0 Å². The van der Waals surface area contributed by atoms with Crippen molar-refractivity contribution in [2.45, 2.75) is 45.5 Å². The fourth-order valence-corrected chi connectivity index (χ4v) is 3.53. The maximum Gasteiger partial charge on any atom is 0.495 e. The minimum atomic E-state index is -0.596. The number of halogens is 1. The van der Waals surface area contributed by atoms with Gasteiger partial charge in [0.1, 0.15) is 6.61 Å². The second-order valence-corrected chi connectivity index (χ2v) is 8.07. The van der Waals surface area contributed by atoms with Crippen molar-refractivity contribution in [1.29, 1.82) is 0 Å². The Bertz CT molecular complexity index is 779. The normalized spacial score (nSPS) is 19.2. The first-order chi connectivity index (χ1) is 12.3. The van der Waals surface area contributed by atoms with Crippen LogP contribution in [0.5, 0.6) is 0 Å². The quantitative estimate of drug-likeness (QED) is 0.555. The van der Waals surface area contributed by atoms with Crippen LogP contribution in [0.25, 0.3) is 0 Å². The highest BCUT2D eigenvalue weighted by Crippen LogP contribution is 2.26. The fourth-order valence-electron chi connectivity index (χ4n) is 3.17. The van der Waals surface area contributed by atoms with Crippen LogP contribution in [-0.4, -0.2) is 24.8 Å². The lowest BCUT2D eigenvalue weighted by molar-refractivity contribution is -0.0231. The summed E-state index contributed by atoms with van der Waals surface area (Å²) < 4.78 is 18.3. The van der Waals surface area contributed by atoms with E-state index in [1.165, 1.54) is 0 Å². The molecule has 26 heavy (non-hydrogen) atoms. The van der Waals surface area contributed by atoms with Gasteiger partial charge in [-0.05, 0) is 50.4 Å². The summed E-state index contributed by atoms with van der Waals surface area (Å²) in [5, 5.41) is 0. The molecule has 0 amide bonds. The number of benzene rings is 2. The van der Waals surface area contributed by atoms with Crippen LogP contribution in [0.4, 0.5) is 0 Å². The number of carbonyl (C=O) groups is 1. The number of rotatable bonds is 4. The summed E-state index contributed by atoms with van der Waals surface area (Å²) in [4.78, 5) is 12.7. The molecule has 0 aromatic heterocycles. The topological polar surface area (TPSA) is 44.8 Å². The Morgan fingerprint density at radius 1 is 1.27 bits per heavy atom. The lowest BCUT2D eigenvalue weighted by Crippen LogP contribution is -2.53. The minimum Gasteiger partial charge on any atom is -0.457 e. The predicted octanol–water partition coefficient (Wildman–Crippen LogP) is 4.11. The Morgan fingerprint density at radius 3 is 2.69 bits per heavy atom. The molecule has 0 radical (unpaired) electrons. The summed E-state index contributed by atoms with van der Waals surface area (Å²) >= 11 is 3.43. The summed E-state index contributed by atoms with van der Waals surface area (Å²) in [6.07, 6.45) is 0.842. The molecular weight excluding hydrogens is 395 g/mol. The van der Waals surface area contributed by atoms with E-state index in [2.05, 4.69) is 15.9 Å². The largest absolute Gasteiger partial charge is 0.495 e. The minimum absolute atomic E-state index is 0.0422. The van der Waals surface area contributed by atoms with Crippen molar-refractivity contribution in [3.8, 4) is 0 Å². The van der Waals surface area contributed by atoms with Gasteiger partial charge in [-0.1, -0.05) is 52.3 Å². The summed E-state index contributed by atoms with van der Waals surface area (Å²) in [7, 11) is -0.596. The molecule has 4 nitrogen and oxygen atoms in total. The molecule has 2 aromatic carbocycles. The second-order valence-electron chi connectivity index (χ2n) is 7.15. The van der Waals surface area contributed by atoms with Crippen LogP contribution in [0.2, 0.25) is 0 Å². The van der Waals surface area contributed by atoms with Crippen LogP contribution in [0.1, 0.15) is 43.1 Å². The van der Waals surface area contributed by atoms with E-state index >= 15 is 0 Å². The van der Waals surface area contributed by atoms with Gasteiger partial charge >= 0.3 is 13.1 Å². The molecule has 0 aliphatic carbocycles. The van der Waals surface area contributed by atoms with Crippen LogP contribution in [0.3, 0.4) is 0 Å². The lowest BCUT2D eigenvalue weighted by Gasteiger charge is -2.38. The summed E-state index contributed by atoms with van der Waals surface area (Å²) in [5.41, 5.74) is 1.76. The monoisotopic (exact) mass is 416 g/mol. The third kappa shape index (κ3) is 4.75. The van der Waals surface area contributed by atoms with Crippen LogP contribution in [0.15, 0.2) is 53.0 Å². The van der Waals surface area contributed by atoms with Crippen molar-refractivity contribution in [1.82, 2.24) is 0 Å². The first-order valence-corrected chi connectivity index (χ1v) is 9.47. The molecule has 0 spiro atoms. The Kier molecular flexibility index (Phi) is 5.85. The van der Waals surface area contributed by atoms with Gasteiger partial charge in [-0.15, -0.1) is 0 Å². The summed E-state index contributed by atoms with van der Waals surface area (Å²) in [5.74, 6) is -0.395. The van der Waals surface area contributed by atoms with Crippen LogP contribution < -0.4 is 5.46 Å². The molecule has 1 fully saturated rings. The molecular formula is C20H22BBrO4. The van der Waals surface area contributed by atoms with E-state index in [0.717, 1.165) is 16.5 Å². The molecule has 1 heterocycles. The van der Waals surface area contributed by atoms with E-state index in [-0.39, 0.29) is 18.3 Å². The number of carbonyl (C=O) groups excluding carboxylic acids is 1. The van der Waals surface area contributed by atoms with Gasteiger partial charge in [0, 0.05) is 10.6 Å². The zero-order chi connectivity index (χ0) is 18.7. The number of hydrogen-bond donors (Lipinski definition) is 0. The average Bonchev–Trinajstić information content (AvgIpc) is 2.58. The summed E-state index contributed by atoms with van der Waals surface area (Å²) in [6.45, 7) is 6.31. The molecule has 0 bridgehead atoms. The predicted molar refractivity (Wildman–Crippen MR) is 105 cm³/mol. The Hall–Kier alpha value is -1.63. The Labute approximate surface area is 163 Å². The molecule has 136 valence electrons. The molecule has 1 atom stereocenters.